The molecular weight excluding hydrogens is 589 g/mol. The van der Waals surface area contributed by atoms with Crippen LogP contribution in [0.5, 0.6) is 0 Å². The molecule has 10 aromatic rings. The summed E-state index contributed by atoms with van der Waals surface area (Å²) in [6.07, 6.45) is 0. The molecular formula is C43H26N4O. The van der Waals surface area contributed by atoms with Crippen molar-refractivity contribution in [2.75, 3.05) is 0 Å². The van der Waals surface area contributed by atoms with Crippen LogP contribution in [0.2, 0.25) is 0 Å². The van der Waals surface area contributed by atoms with Crippen molar-refractivity contribution in [3.63, 3.8) is 0 Å². The van der Waals surface area contributed by atoms with E-state index >= 15 is 0 Å². The number of aromatic nitrogens is 4. The van der Waals surface area contributed by atoms with Crippen LogP contribution in [0, 0.1) is 0 Å². The minimum absolute atomic E-state index is 0.570. The molecule has 0 radical (unpaired) electrons. The first kappa shape index (κ1) is 26.6. The summed E-state index contributed by atoms with van der Waals surface area (Å²) in [4.78, 5) is 15.2. The third-order valence-corrected chi connectivity index (χ3v) is 9.25. The summed E-state index contributed by atoms with van der Waals surface area (Å²) in [7, 11) is 0. The summed E-state index contributed by atoms with van der Waals surface area (Å²) in [5, 5.41) is 6.90. The molecule has 0 atom stereocenters. The zero-order valence-corrected chi connectivity index (χ0v) is 25.7. The van der Waals surface area contributed by atoms with Crippen LogP contribution in [-0.2, 0) is 0 Å². The molecule has 5 heteroatoms. The molecule has 0 bridgehead atoms. The zero-order valence-electron chi connectivity index (χ0n) is 25.7. The van der Waals surface area contributed by atoms with Gasteiger partial charge in [-0.2, -0.15) is 9.97 Å². The van der Waals surface area contributed by atoms with Crippen molar-refractivity contribution in [2.24, 2.45) is 0 Å². The molecule has 0 aliphatic rings. The van der Waals surface area contributed by atoms with E-state index in [1.54, 1.807) is 0 Å². The number of benzene rings is 7. The third-order valence-electron chi connectivity index (χ3n) is 9.25. The van der Waals surface area contributed by atoms with Crippen molar-refractivity contribution in [2.45, 2.75) is 0 Å². The van der Waals surface area contributed by atoms with Crippen molar-refractivity contribution >= 4 is 54.5 Å². The van der Waals surface area contributed by atoms with Gasteiger partial charge in [0.2, 0.25) is 5.95 Å². The number of hydrogen-bond donors (Lipinski definition) is 0. The molecule has 48 heavy (non-hydrogen) atoms. The van der Waals surface area contributed by atoms with Crippen molar-refractivity contribution in [3.05, 3.63) is 158 Å². The van der Waals surface area contributed by atoms with Crippen molar-refractivity contribution in [3.8, 4) is 39.9 Å². The second kappa shape index (κ2) is 10.5. The van der Waals surface area contributed by atoms with E-state index in [1.165, 1.54) is 16.3 Å². The molecule has 0 spiro atoms. The zero-order chi connectivity index (χ0) is 31.6. The highest BCUT2D eigenvalue weighted by Gasteiger charge is 2.18. The first-order chi connectivity index (χ1) is 23.8. The first-order valence-electron chi connectivity index (χ1n) is 16.0. The number of fused-ring (bicyclic) bond motifs is 7. The Morgan fingerprint density at radius 2 is 1.00 bits per heavy atom. The van der Waals surface area contributed by atoms with Crippen LogP contribution in [0.1, 0.15) is 0 Å². The Morgan fingerprint density at radius 1 is 0.375 bits per heavy atom. The molecule has 0 saturated carbocycles. The normalized spacial score (nSPS) is 11.8. The number of nitrogens with zero attached hydrogens (tertiary/aromatic N) is 4. The standard InChI is InChI=1S/C43H26N4O/c1-2-11-28(12-3-1)41-44-42(46-43(45-41)47-37-16-8-6-14-33(37)34-15-7-9-17-38(34)47)32-20-22-35-36-25-31(21-23-39(36)48-40(35)26-32)30-19-18-27-10-4-5-13-29(27)24-30/h1-26H. The van der Waals surface area contributed by atoms with E-state index in [-0.39, 0.29) is 0 Å². The van der Waals surface area contributed by atoms with Gasteiger partial charge in [0.25, 0.3) is 0 Å². The fourth-order valence-corrected chi connectivity index (χ4v) is 6.91. The van der Waals surface area contributed by atoms with Crippen LogP contribution < -0.4 is 0 Å². The van der Waals surface area contributed by atoms with E-state index in [1.807, 2.05) is 36.4 Å². The number of furan rings is 1. The van der Waals surface area contributed by atoms with Gasteiger partial charge in [0, 0.05) is 32.7 Å². The SMILES string of the molecule is c1ccc(-c2nc(-c3ccc4c(c3)oc3ccc(-c5ccc6ccccc6c5)cc34)nc(-n3c4ccccc4c4ccccc43)n2)cc1. The van der Waals surface area contributed by atoms with Gasteiger partial charge in [0.05, 0.1) is 11.0 Å². The quantitative estimate of drug-likeness (QED) is 0.198. The summed E-state index contributed by atoms with van der Waals surface area (Å²) in [6.45, 7) is 0. The van der Waals surface area contributed by atoms with E-state index in [2.05, 4.69) is 126 Å². The second-order valence-electron chi connectivity index (χ2n) is 12.1. The van der Waals surface area contributed by atoms with Crippen molar-refractivity contribution < 1.29 is 4.42 Å². The van der Waals surface area contributed by atoms with Crippen molar-refractivity contribution in [1.82, 2.24) is 19.5 Å². The average molecular weight is 615 g/mol. The summed E-state index contributed by atoms with van der Waals surface area (Å²) < 4.78 is 8.57. The minimum atomic E-state index is 0.570. The van der Waals surface area contributed by atoms with Crippen LogP contribution in [0.3, 0.4) is 0 Å². The van der Waals surface area contributed by atoms with E-state index in [4.69, 9.17) is 19.4 Å². The number of rotatable bonds is 4. The molecule has 0 unspecified atom stereocenters. The molecule has 0 fully saturated rings. The molecule has 0 aliphatic carbocycles. The van der Waals surface area contributed by atoms with Gasteiger partial charge < -0.3 is 4.42 Å². The van der Waals surface area contributed by atoms with E-state index < -0.39 is 0 Å². The fourth-order valence-electron chi connectivity index (χ4n) is 6.91. The van der Waals surface area contributed by atoms with Gasteiger partial charge in [-0.1, -0.05) is 115 Å². The summed E-state index contributed by atoms with van der Waals surface area (Å²) in [5.74, 6) is 1.77. The monoisotopic (exact) mass is 614 g/mol. The highest BCUT2D eigenvalue weighted by Crippen LogP contribution is 2.36. The molecule has 0 saturated heterocycles. The predicted octanol–water partition coefficient (Wildman–Crippen LogP) is 11.0. The maximum Gasteiger partial charge on any atom is 0.238 e. The average Bonchev–Trinajstić information content (AvgIpc) is 3.70. The lowest BCUT2D eigenvalue weighted by molar-refractivity contribution is 0.669. The largest absolute Gasteiger partial charge is 0.456 e. The topological polar surface area (TPSA) is 56.7 Å². The van der Waals surface area contributed by atoms with Crippen LogP contribution in [0.4, 0.5) is 0 Å². The molecule has 0 aliphatic heterocycles. The van der Waals surface area contributed by atoms with Crippen LogP contribution in [0.15, 0.2) is 162 Å². The first-order valence-corrected chi connectivity index (χ1v) is 16.0. The lowest BCUT2D eigenvalue weighted by Gasteiger charge is -2.10. The summed E-state index contributed by atoms with van der Waals surface area (Å²) in [5.41, 5.74) is 7.84. The Morgan fingerprint density at radius 3 is 1.79 bits per heavy atom. The Bertz CT molecular complexity index is 2800. The summed E-state index contributed by atoms with van der Waals surface area (Å²) >= 11 is 0. The third kappa shape index (κ3) is 4.22. The van der Waals surface area contributed by atoms with Gasteiger partial charge >= 0.3 is 0 Å². The molecule has 7 aromatic carbocycles. The summed E-state index contributed by atoms with van der Waals surface area (Å²) in [6, 6.07) is 54.6. The van der Waals surface area contributed by atoms with Crippen LogP contribution in [0.25, 0.3) is 94.4 Å². The van der Waals surface area contributed by atoms with Crippen molar-refractivity contribution in [1.29, 1.82) is 0 Å². The molecule has 0 amide bonds. The number of hydrogen-bond acceptors (Lipinski definition) is 4. The Hall–Kier alpha value is -6.59. The Balaban J connectivity index is 1.14. The Labute approximate surface area is 275 Å². The van der Waals surface area contributed by atoms with Gasteiger partial charge in [-0.25, -0.2) is 4.98 Å². The van der Waals surface area contributed by atoms with E-state index in [9.17, 15) is 0 Å². The van der Waals surface area contributed by atoms with Gasteiger partial charge in [-0.15, -0.1) is 0 Å². The van der Waals surface area contributed by atoms with Gasteiger partial charge in [-0.3, -0.25) is 4.57 Å². The van der Waals surface area contributed by atoms with Gasteiger partial charge in [-0.05, 0) is 64.4 Å². The molecule has 224 valence electrons. The molecule has 3 heterocycles. The minimum Gasteiger partial charge on any atom is -0.456 e. The maximum atomic E-state index is 6.43. The van der Waals surface area contributed by atoms with Crippen LogP contribution in [-0.4, -0.2) is 19.5 Å². The maximum absolute atomic E-state index is 6.43. The molecule has 3 aromatic heterocycles. The van der Waals surface area contributed by atoms with Gasteiger partial charge in [0.15, 0.2) is 11.6 Å². The smallest absolute Gasteiger partial charge is 0.238 e. The molecule has 5 nitrogen and oxygen atoms in total. The van der Waals surface area contributed by atoms with E-state index in [0.717, 1.165) is 60.4 Å². The molecule has 0 N–H and O–H groups in total. The van der Waals surface area contributed by atoms with Crippen LogP contribution >= 0.6 is 0 Å². The predicted molar refractivity (Wildman–Crippen MR) is 195 cm³/mol. The highest BCUT2D eigenvalue weighted by atomic mass is 16.3. The Kier molecular flexibility index (Phi) is 5.81. The van der Waals surface area contributed by atoms with E-state index in [0.29, 0.717) is 17.6 Å². The van der Waals surface area contributed by atoms with Gasteiger partial charge in [0.1, 0.15) is 11.2 Å². The highest BCUT2D eigenvalue weighted by molar-refractivity contribution is 6.09. The molecule has 10 rings (SSSR count). The second-order valence-corrected chi connectivity index (χ2v) is 12.1. The number of para-hydroxylation sites is 2. The fraction of sp³-hybridized carbons (Fsp3) is 0. The lowest BCUT2D eigenvalue weighted by atomic mass is 9.99. The lowest BCUT2D eigenvalue weighted by Crippen LogP contribution is -2.06.